The molecule has 0 spiro atoms. The molecule has 4 aromatic rings. The molecule has 0 saturated heterocycles. The number of hydrogen-bond donors (Lipinski definition) is 2. The molecule has 5 rings (SSSR count). The molecule has 3 N–H and O–H groups in total. The molecule has 1 amide bonds. The number of anilines is 1. The van der Waals surface area contributed by atoms with E-state index in [1.54, 1.807) is 11.3 Å². The minimum Gasteiger partial charge on any atom is -0.490 e. The van der Waals surface area contributed by atoms with Crippen molar-refractivity contribution >= 4 is 33.1 Å². The number of aryl methyl sites for hydroxylation is 1. The maximum absolute atomic E-state index is 12.8. The largest absolute Gasteiger partial charge is 0.490 e. The topological polar surface area (TPSA) is 78.5 Å². The smallest absolute Gasteiger partial charge is 0.272 e. The number of nitrogens with two attached hydrogens (primary N) is 1. The van der Waals surface area contributed by atoms with Crippen LogP contribution in [0.15, 0.2) is 66.0 Å². The zero-order chi connectivity index (χ0) is 23.5. The molecule has 6 nitrogen and oxygen atoms in total. The average molecular weight is 476 g/mol. The quantitative estimate of drug-likeness (QED) is 0.358. The van der Waals surface area contributed by atoms with Crippen molar-refractivity contribution in [1.82, 2.24) is 4.57 Å². The minimum absolute atomic E-state index is 0.125. The van der Waals surface area contributed by atoms with Crippen LogP contribution in [0.2, 0.25) is 0 Å². The second-order valence-corrected chi connectivity index (χ2v) is 9.78. The molecule has 2 heterocycles. The lowest BCUT2D eigenvalue weighted by molar-refractivity contribution is 0.101. The molecule has 2 aromatic heterocycles. The van der Waals surface area contributed by atoms with Crippen LogP contribution >= 0.6 is 11.3 Å². The third-order valence-corrected chi connectivity index (χ3v) is 7.19. The standard InChI is InChI=1S/C27H29N3O3S/c1-30-24-13-14-34-26(24)16-25(30)27(31)29-20-4-2-3-18(15-20)17-32-21-9-11-23(12-10-21)33-22-7-5-19(28)6-8-22/h2-4,9-16,19,22H,5-8,17,28H2,1H3,(H,29,31). The van der Waals surface area contributed by atoms with E-state index in [4.69, 9.17) is 15.2 Å². The fraction of sp³-hybridized carbons (Fsp3) is 0.296. The predicted octanol–water partition coefficient (Wildman–Crippen LogP) is 5.72. The summed E-state index contributed by atoms with van der Waals surface area (Å²) in [6, 6.07) is 19.8. The minimum atomic E-state index is -0.125. The van der Waals surface area contributed by atoms with Gasteiger partial charge in [-0.15, -0.1) is 11.3 Å². The number of ether oxygens (including phenoxy) is 2. The molecule has 1 fully saturated rings. The van der Waals surface area contributed by atoms with Crippen LogP contribution in [0.5, 0.6) is 11.5 Å². The Labute approximate surface area is 203 Å². The first kappa shape index (κ1) is 22.5. The molecule has 1 saturated carbocycles. The van der Waals surface area contributed by atoms with Gasteiger partial charge in [-0.1, -0.05) is 12.1 Å². The number of amides is 1. The van der Waals surface area contributed by atoms with Gasteiger partial charge < -0.3 is 25.1 Å². The average Bonchev–Trinajstić information content (AvgIpc) is 3.43. The number of carbonyl (C=O) groups is 1. The van der Waals surface area contributed by atoms with Gasteiger partial charge in [0.15, 0.2) is 0 Å². The van der Waals surface area contributed by atoms with E-state index in [-0.39, 0.29) is 12.0 Å². The number of benzene rings is 2. The summed E-state index contributed by atoms with van der Waals surface area (Å²) in [6.07, 6.45) is 4.31. The van der Waals surface area contributed by atoms with E-state index in [1.807, 2.05) is 77.7 Å². The van der Waals surface area contributed by atoms with E-state index in [2.05, 4.69) is 5.32 Å². The maximum atomic E-state index is 12.8. The maximum Gasteiger partial charge on any atom is 0.272 e. The molecule has 0 atom stereocenters. The molecule has 176 valence electrons. The van der Waals surface area contributed by atoms with Crippen molar-refractivity contribution in [3.05, 3.63) is 77.3 Å². The van der Waals surface area contributed by atoms with Crippen molar-refractivity contribution in [3.8, 4) is 11.5 Å². The van der Waals surface area contributed by atoms with Crippen LogP contribution in [0.4, 0.5) is 5.69 Å². The number of nitrogens with zero attached hydrogens (tertiary/aromatic N) is 1. The summed E-state index contributed by atoms with van der Waals surface area (Å²) in [5.41, 5.74) is 9.40. The number of fused-ring (bicyclic) bond motifs is 1. The Morgan fingerprint density at radius 2 is 1.82 bits per heavy atom. The van der Waals surface area contributed by atoms with Crippen molar-refractivity contribution in [1.29, 1.82) is 0 Å². The summed E-state index contributed by atoms with van der Waals surface area (Å²) in [5, 5.41) is 5.03. The molecule has 1 aliphatic carbocycles. The Morgan fingerprint density at radius 1 is 1.06 bits per heavy atom. The monoisotopic (exact) mass is 475 g/mol. The Bertz CT molecular complexity index is 1270. The van der Waals surface area contributed by atoms with Crippen LogP contribution < -0.4 is 20.5 Å². The Kier molecular flexibility index (Phi) is 6.56. The summed E-state index contributed by atoms with van der Waals surface area (Å²) in [5.74, 6) is 1.51. The van der Waals surface area contributed by atoms with Gasteiger partial charge in [0.2, 0.25) is 0 Å². The first-order chi connectivity index (χ1) is 16.5. The van der Waals surface area contributed by atoms with Gasteiger partial charge in [0.05, 0.1) is 16.3 Å². The van der Waals surface area contributed by atoms with Crippen molar-refractivity contribution < 1.29 is 14.3 Å². The van der Waals surface area contributed by atoms with E-state index < -0.39 is 0 Å². The normalized spacial score (nSPS) is 18.1. The van der Waals surface area contributed by atoms with Gasteiger partial charge in [0.25, 0.3) is 5.91 Å². The lowest BCUT2D eigenvalue weighted by atomic mass is 9.94. The number of thiophene rings is 1. The summed E-state index contributed by atoms with van der Waals surface area (Å²) < 4.78 is 15.1. The van der Waals surface area contributed by atoms with Crippen molar-refractivity contribution in [2.75, 3.05) is 5.32 Å². The molecular weight excluding hydrogens is 446 g/mol. The molecule has 0 unspecified atom stereocenters. The first-order valence-corrected chi connectivity index (χ1v) is 12.5. The van der Waals surface area contributed by atoms with E-state index in [1.165, 1.54) is 0 Å². The molecule has 0 bridgehead atoms. The molecule has 2 aromatic carbocycles. The zero-order valence-corrected chi connectivity index (χ0v) is 20.0. The number of carbonyl (C=O) groups excluding carboxylic acids is 1. The fourth-order valence-corrected chi connectivity index (χ4v) is 5.23. The number of rotatable bonds is 7. The SMILES string of the molecule is Cn1c(C(=O)Nc2cccc(COc3ccc(OC4CCC(N)CC4)cc3)c2)cc2sccc21. The molecule has 7 heteroatoms. The van der Waals surface area contributed by atoms with Gasteiger partial charge in [-0.3, -0.25) is 4.79 Å². The van der Waals surface area contributed by atoms with Gasteiger partial charge in [0, 0.05) is 18.8 Å². The van der Waals surface area contributed by atoms with Crippen LogP contribution in [0.3, 0.4) is 0 Å². The van der Waals surface area contributed by atoms with Crippen LogP contribution in [0.1, 0.15) is 41.7 Å². The summed E-state index contributed by atoms with van der Waals surface area (Å²) in [4.78, 5) is 12.8. The lowest BCUT2D eigenvalue weighted by Gasteiger charge is -2.26. The number of hydrogen-bond acceptors (Lipinski definition) is 5. The van der Waals surface area contributed by atoms with Crippen molar-refractivity contribution in [3.63, 3.8) is 0 Å². The van der Waals surface area contributed by atoms with Gasteiger partial charge in [-0.2, -0.15) is 0 Å². The van der Waals surface area contributed by atoms with Crippen LogP contribution in [0, 0.1) is 0 Å². The van der Waals surface area contributed by atoms with E-state index >= 15 is 0 Å². The number of aromatic nitrogens is 1. The van der Waals surface area contributed by atoms with Crippen LogP contribution in [0.25, 0.3) is 10.2 Å². The lowest BCUT2D eigenvalue weighted by Crippen LogP contribution is -2.31. The van der Waals surface area contributed by atoms with E-state index in [9.17, 15) is 4.79 Å². The molecule has 1 aliphatic rings. The highest BCUT2D eigenvalue weighted by atomic mass is 32.1. The molecule has 0 radical (unpaired) electrons. The van der Waals surface area contributed by atoms with Gasteiger partial charge in [-0.05, 0) is 85.2 Å². The first-order valence-electron chi connectivity index (χ1n) is 11.6. The predicted molar refractivity (Wildman–Crippen MR) is 137 cm³/mol. The highest BCUT2D eigenvalue weighted by Gasteiger charge is 2.19. The van der Waals surface area contributed by atoms with Crippen LogP contribution in [-0.4, -0.2) is 22.6 Å². The zero-order valence-electron chi connectivity index (χ0n) is 19.2. The molecule has 0 aliphatic heterocycles. The van der Waals surface area contributed by atoms with E-state index in [0.29, 0.717) is 18.3 Å². The second kappa shape index (κ2) is 9.91. The fourth-order valence-electron chi connectivity index (χ4n) is 4.38. The van der Waals surface area contributed by atoms with Gasteiger partial charge in [-0.25, -0.2) is 0 Å². The Morgan fingerprint density at radius 3 is 2.59 bits per heavy atom. The molecule has 34 heavy (non-hydrogen) atoms. The highest BCUT2D eigenvalue weighted by Crippen LogP contribution is 2.26. The summed E-state index contributed by atoms with van der Waals surface area (Å²) >= 11 is 1.63. The van der Waals surface area contributed by atoms with Crippen LogP contribution in [-0.2, 0) is 13.7 Å². The second-order valence-electron chi connectivity index (χ2n) is 8.83. The third-order valence-electron chi connectivity index (χ3n) is 6.33. The van der Waals surface area contributed by atoms with Gasteiger partial charge in [0.1, 0.15) is 23.8 Å². The Balaban J connectivity index is 1.16. The van der Waals surface area contributed by atoms with E-state index in [0.717, 1.165) is 58.6 Å². The summed E-state index contributed by atoms with van der Waals surface area (Å²) in [7, 11) is 1.91. The Hall–Kier alpha value is -3.29. The number of nitrogens with one attached hydrogen (secondary N) is 1. The van der Waals surface area contributed by atoms with Gasteiger partial charge >= 0.3 is 0 Å². The molecular formula is C27H29N3O3S. The highest BCUT2D eigenvalue weighted by molar-refractivity contribution is 7.17. The summed E-state index contributed by atoms with van der Waals surface area (Å²) in [6.45, 7) is 0.407. The third kappa shape index (κ3) is 5.11. The van der Waals surface area contributed by atoms with Crippen molar-refractivity contribution in [2.24, 2.45) is 12.8 Å². The van der Waals surface area contributed by atoms with Crippen molar-refractivity contribution in [2.45, 2.75) is 44.4 Å².